The minimum Gasteiger partial charge on any atom is -0.379 e. The zero-order valence-electron chi connectivity index (χ0n) is 14.1. The summed E-state index contributed by atoms with van der Waals surface area (Å²) in [6.45, 7) is 6.22. The third kappa shape index (κ3) is 9.31. The molecule has 0 saturated carbocycles. The first kappa shape index (κ1) is 23.0. The van der Waals surface area contributed by atoms with Crippen LogP contribution in [0.4, 0.5) is 13.2 Å². The van der Waals surface area contributed by atoms with Gasteiger partial charge in [-0.3, -0.25) is 4.99 Å². The molecule has 4 nitrogen and oxygen atoms in total. The van der Waals surface area contributed by atoms with Crippen LogP contribution >= 0.6 is 24.0 Å². The largest absolute Gasteiger partial charge is 0.416 e. The van der Waals surface area contributed by atoms with Crippen LogP contribution < -0.4 is 10.6 Å². The van der Waals surface area contributed by atoms with Gasteiger partial charge >= 0.3 is 6.18 Å². The maximum Gasteiger partial charge on any atom is 0.416 e. The molecule has 0 amide bonds. The molecule has 8 heteroatoms. The van der Waals surface area contributed by atoms with Gasteiger partial charge in [-0.1, -0.05) is 26.0 Å². The van der Waals surface area contributed by atoms with Crippen molar-refractivity contribution in [1.29, 1.82) is 0 Å². The average Bonchev–Trinajstić information content (AvgIpc) is 2.49. The van der Waals surface area contributed by atoms with Crippen LogP contribution in [0.25, 0.3) is 0 Å². The maximum absolute atomic E-state index is 12.7. The van der Waals surface area contributed by atoms with Crippen molar-refractivity contribution in [3.05, 3.63) is 35.4 Å². The maximum atomic E-state index is 12.7. The number of alkyl halides is 3. The summed E-state index contributed by atoms with van der Waals surface area (Å²) in [4.78, 5) is 4.02. The number of halogens is 4. The van der Waals surface area contributed by atoms with Gasteiger partial charge in [0.25, 0.3) is 0 Å². The van der Waals surface area contributed by atoms with Crippen LogP contribution in [-0.2, 0) is 17.5 Å². The number of benzene rings is 1. The van der Waals surface area contributed by atoms with Crippen LogP contribution in [-0.4, -0.2) is 32.8 Å². The third-order valence-electron chi connectivity index (χ3n) is 2.93. The van der Waals surface area contributed by atoms with Crippen LogP contribution in [0.2, 0.25) is 0 Å². The number of hydrogen-bond donors (Lipinski definition) is 2. The van der Waals surface area contributed by atoms with E-state index in [4.69, 9.17) is 4.74 Å². The molecule has 0 heterocycles. The molecule has 0 radical (unpaired) electrons. The number of rotatable bonds is 7. The summed E-state index contributed by atoms with van der Waals surface area (Å²) >= 11 is 0. The molecule has 0 atom stereocenters. The van der Waals surface area contributed by atoms with Gasteiger partial charge in [0, 0.05) is 26.7 Å². The summed E-state index contributed by atoms with van der Waals surface area (Å²) < 4.78 is 43.4. The Morgan fingerprint density at radius 1 is 1.25 bits per heavy atom. The molecular weight excluding hydrogens is 434 g/mol. The lowest BCUT2D eigenvalue weighted by molar-refractivity contribution is -0.137. The van der Waals surface area contributed by atoms with Gasteiger partial charge in [0.1, 0.15) is 0 Å². The highest BCUT2D eigenvalue weighted by molar-refractivity contribution is 14.0. The van der Waals surface area contributed by atoms with Crippen molar-refractivity contribution in [1.82, 2.24) is 10.6 Å². The topological polar surface area (TPSA) is 45.7 Å². The van der Waals surface area contributed by atoms with Crippen molar-refractivity contribution >= 4 is 29.9 Å². The van der Waals surface area contributed by atoms with Gasteiger partial charge in [0.05, 0.1) is 12.2 Å². The number of hydrogen-bond acceptors (Lipinski definition) is 2. The van der Waals surface area contributed by atoms with E-state index < -0.39 is 11.7 Å². The van der Waals surface area contributed by atoms with Crippen LogP contribution in [0.15, 0.2) is 29.3 Å². The Hall–Kier alpha value is -1.03. The monoisotopic (exact) mass is 459 g/mol. The van der Waals surface area contributed by atoms with Gasteiger partial charge in [-0.25, -0.2) is 0 Å². The zero-order chi connectivity index (χ0) is 17.3. The van der Waals surface area contributed by atoms with Crippen molar-refractivity contribution < 1.29 is 17.9 Å². The fraction of sp³-hybridized carbons (Fsp3) is 0.562. The molecule has 0 unspecified atom stereocenters. The molecule has 0 aliphatic carbocycles. The first-order valence-electron chi connectivity index (χ1n) is 7.51. The Labute approximate surface area is 158 Å². The van der Waals surface area contributed by atoms with Gasteiger partial charge in [-0.15, -0.1) is 24.0 Å². The first-order chi connectivity index (χ1) is 10.8. The SMILES string of the molecule is CN=C(NCCOCC(C)C)NCc1cccc(C(F)(F)F)c1.I. The fourth-order valence-electron chi connectivity index (χ4n) is 1.82. The highest BCUT2D eigenvalue weighted by atomic mass is 127. The van der Waals surface area contributed by atoms with Gasteiger partial charge < -0.3 is 15.4 Å². The van der Waals surface area contributed by atoms with Crippen molar-refractivity contribution in [3.8, 4) is 0 Å². The summed E-state index contributed by atoms with van der Waals surface area (Å²) in [6.07, 6.45) is -4.33. The summed E-state index contributed by atoms with van der Waals surface area (Å²) in [6, 6.07) is 5.23. The molecule has 1 rings (SSSR count). The minimum absolute atomic E-state index is 0. The molecule has 1 aromatic carbocycles. The number of guanidine groups is 1. The van der Waals surface area contributed by atoms with Crippen molar-refractivity contribution in [3.63, 3.8) is 0 Å². The highest BCUT2D eigenvalue weighted by Crippen LogP contribution is 2.29. The average molecular weight is 459 g/mol. The molecule has 0 saturated heterocycles. The molecule has 1 aromatic rings. The quantitative estimate of drug-likeness (QED) is 0.283. The van der Waals surface area contributed by atoms with E-state index in [0.717, 1.165) is 12.1 Å². The summed E-state index contributed by atoms with van der Waals surface area (Å²) in [5.74, 6) is 1.00. The van der Waals surface area contributed by atoms with Crippen LogP contribution in [0.3, 0.4) is 0 Å². The minimum atomic E-state index is -4.33. The Balaban J connectivity index is 0.00000529. The van der Waals surface area contributed by atoms with E-state index in [0.29, 0.717) is 37.2 Å². The van der Waals surface area contributed by atoms with Crippen LogP contribution in [0.1, 0.15) is 25.0 Å². The normalized spacial score (nSPS) is 12.0. The zero-order valence-corrected chi connectivity index (χ0v) is 16.4. The van der Waals surface area contributed by atoms with Crippen LogP contribution in [0, 0.1) is 5.92 Å². The van der Waals surface area contributed by atoms with Gasteiger partial charge in [-0.05, 0) is 23.6 Å². The van der Waals surface area contributed by atoms with Crippen molar-refractivity contribution in [2.24, 2.45) is 10.9 Å². The van der Waals surface area contributed by atoms with E-state index >= 15 is 0 Å². The van der Waals surface area contributed by atoms with E-state index in [2.05, 4.69) is 29.5 Å². The predicted octanol–water partition coefficient (Wildman–Crippen LogP) is 3.66. The molecule has 0 fully saturated rings. The number of nitrogens with zero attached hydrogens (tertiary/aromatic N) is 1. The lowest BCUT2D eigenvalue weighted by Gasteiger charge is -2.13. The molecule has 0 aromatic heterocycles. The Bertz CT molecular complexity index is 508. The highest BCUT2D eigenvalue weighted by Gasteiger charge is 2.30. The number of nitrogens with one attached hydrogen (secondary N) is 2. The second kappa shape index (κ2) is 11.5. The lowest BCUT2D eigenvalue weighted by atomic mass is 10.1. The Kier molecular flexibility index (Phi) is 11.0. The van der Waals surface area contributed by atoms with Crippen molar-refractivity contribution in [2.45, 2.75) is 26.6 Å². The Morgan fingerprint density at radius 2 is 1.96 bits per heavy atom. The fourth-order valence-corrected chi connectivity index (χ4v) is 1.82. The Morgan fingerprint density at radius 3 is 2.54 bits per heavy atom. The summed E-state index contributed by atoms with van der Waals surface area (Å²) in [7, 11) is 1.61. The second-order valence-electron chi connectivity index (χ2n) is 5.52. The molecule has 0 bridgehead atoms. The van der Waals surface area contributed by atoms with E-state index in [1.807, 2.05) is 0 Å². The van der Waals surface area contributed by atoms with E-state index in [-0.39, 0.29) is 30.5 Å². The predicted molar refractivity (Wildman–Crippen MR) is 101 cm³/mol. The van der Waals surface area contributed by atoms with E-state index in [1.165, 1.54) is 6.07 Å². The molecule has 138 valence electrons. The standard InChI is InChI=1S/C16H24F3N3O.HI/c1-12(2)11-23-8-7-21-15(20-3)22-10-13-5-4-6-14(9-13)16(17,18)19;/h4-6,9,12H,7-8,10-11H2,1-3H3,(H2,20,21,22);1H. The van der Waals surface area contributed by atoms with Gasteiger partial charge in [-0.2, -0.15) is 13.2 Å². The molecule has 0 spiro atoms. The first-order valence-corrected chi connectivity index (χ1v) is 7.51. The van der Waals surface area contributed by atoms with Gasteiger partial charge in [0.2, 0.25) is 0 Å². The van der Waals surface area contributed by atoms with E-state index in [1.54, 1.807) is 13.1 Å². The van der Waals surface area contributed by atoms with Crippen LogP contribution in [0.5, 0.6) is 0 Å². The van der Waals surface area contributed by atoms with E-state index in [9.17, 15) is 13.2 Å². The molecular formula is C16H25F3IN3O. The van der Waals surface area contributed by atoms with Crippen molar-refractivity contribution in [2.75, 3.05) is 26.8 Å². The lowest BCUT2D eigenvalue weighted by Crippen LogP contribution is -2.38. The smallest absolute Gasteiger partial charge is 0.379 e. The number of aliphatic imine (C=N–C) groups is 1. The summed E-state index contributed by atoms with van der Waals surface area (Å²) in [5.41, 5.74) is -0.110. The molecule has 0 aliphatic rings. The van der Waals surface area contributed by atoms with Gasteiger partial charge in [0.15, 0.2) is 5.96 Å². The molecule has 24 heavy (non-hydrogen) atoms. The molecule has 0 aliphatic heterocycles. The third-order valence-corrected chi connectivity index (χ3v) is 2.93. The molecule has 2 N–H and O–H groups in total. The summed E-state index contributed by atoms with van der Waals surface area (Å²) in [5, 5.41) is 6.03. The second-order valence-corrected chi connectivity index (χ2v) is 5.52. The number of ether oxygens (including phenoxy) is 1.